The van der Waals surface area contributed by atoms with Crippen molar-refractivity contribution < 1.29 is 13.4 Å². The standard InChI is InChI=1S/2C4H6N2O.3C4H6N2S.C3H4N2O.2C3H4N2S/c1-3-5-6-4(2)7-3;1-3-5-4(2)7-6-3;1-3-5-6-4(2)7-3;2*1-3-5-4(2)7-6-3;2*1-3-5-4-2-6-3;1-3-4-2-5-6-3/h5*1-2H3;3*2H,1H3. The van der Waals surface area contributed by atoms with E-state index in [0.717, 1.165) is 41.7 Å². The van der Waals surface area contributed by atoms with Crippen LogP contribution in [-0.2, 0) is 0 Å². The van der Waals surface area contributed by atoms with Gasteiger partial charge in [0.15, 0.2) is 5.82 Å². The normalized spacial score (nSPS) is 9.23. The summed E-state index contributed by atoms with van der Waals surface area (Å²) in [7, 11) is 0. The van der Waals surface area contributed by atoms with Crippen molar-refractivity contribution in [2.24, 2.45) is 0 Å². The van der Waals surface area contributed by atoms with Crippen molar-refractivity contribution in [3.63, 3.8) is 0 Å². The van der Waals surface area contributed by atoms with Crippen LogP contribution in [0, 0.1) is 90.0 Å². The molecule has 0 saturated heterocycles. The summed E-state index contributed by atoms with van der Waals surface area (Å²) in [6.07, 6.45) is 2.86. The van der Waals surface area contributed by atoms with Crippen molar-refractivity contribution in [3.8, 4) is 0 Å². The monoisotopic (exact) mass is 822 g/mol. The molecule has 8 aromatic rings. The second-order valence-electron chi connectivity index (χ2n) is 9.64. The second-order valence-corrected chi connectivity index (χ2v) is 15.0. The highest BCUT2D eigenvalue weighted by atomic mass is 32.1. The molecule has 8 heterocycles. The topological polar surface area (TPSA) is 246 Å². The van der Waals surface area contributed by atoms with Gasteiger partial charge in [0.2, 0.25) is 30.0 Å². The zero-order valence-electron chi connectivity index (χ0n) is 31.7. The molecular formula is C29H42N16O3S5. The maximum atomic E-state index is 4.86. The lowest BCUT2D eigenvalue weighted by atomic mass is 10.7. The van der Waals surface area contributed by atoms with E-state index in [4.69, 9.17) is 4.42 Å². The molecule has 0 bridgehead atoms. The summed E-state index contributed by atoms with van der Waals surface area (Å²) in [5, 5.41) is 38.7. The smallest absolute Gasteiger partial charge is 0.223 e. The molecule has 286 valence electrons. The van der Waals surface area contributed by atoms with Crippen molar-refractivity contribution >= 4 is 57.3 Å². The Morgan fingerprint density at radius 1 is 0.491 bits per heavy atom. The zero-order chi connectivity index (χ0) is 39.6. The van der Waals surface area contributed by atoms with Gasteiger partial charge in [-0.25, -0.2) is 15.0 Å². The first kappa shape index (κ1) is 46.2. The molecule has 0 atom stereocenters. The van der Waals surface area contributed by atoms with E-state index >= 15 is 0 Å². The molecule has 24 heteroatoms. The van der Waals surface area contributed by atoms with Gasteiger partial charge in [-0.05, 0) is 96.9 Å². The van der Waals surface area contributed by atoms with Gasteiger partial charge in [-0.2, -0.15) is 18.1 Å². The molecule has 0 aliphatic carbocycles. The Kier molecular flexibility index (Phi) is 23.5. The van der Waals surface area contributed by atoms with Crippen LogP contribution in [0.2, 0.25) is 0 Å². The van der Waals surface area contributed by atoms with Crippen LogP contribution in [0.15, 0.2) is 31.6 Å². The number of aryl methyl sites for hydroxylation is 13. The molecule has 8 aromatic heterocycles. The van der Waals surface area contributed by atoms with Gasteiger partial charge in [-0.15, -0.1) is 63.5 Å². The summed E-state index contributed by atoms with van der Waals surface area (Å²) in [4.78, 5) is 15.7. The fourth-order valence-electron chi connectivity index (χ4n) is 2.68. The Morgan fingerprint density at radius 3 is 1.21 bits per heavy atom. The summed E-state index contributed by atoms with van der Waals surface area (Å²) in [6, 6.07) is 0. The maximum Gasteiger partial charge on any atom is 0.223 e. The third-order valence-corrected chi connectivity index (χ3v) is 7.92. The fourth-order valence-corrected chi connectivity index (χ4v) is 4.91. The van der Waals surface area contributed by atoms with Crippen LogP contribution in [0.1, 0.15) is 71.1 Å². The first-order valence-electron chi connectivity index (χ1n) is 15.2. The number of hydrogen-bond acceptors (Lipinski definition) is 24. The van der Waals surface area contributed by atoms with E-state index in [0.29, 0.717) is 29.4 Å². The minimum Gasteiger partial charge on any atom is -0.428 e. The lowest BCUT2D eigenvalue weighted by molar-refractivity contribution is 0.389. The summed E-state index contributed by atoms with van der Waals surface area (Å²) in [5.74, 6) is 4.92. The summed E-state index contributed by atoms with van der Waals surface area (Å²) >= 11 is 7.48. The van der Waals surface area contributed by atoms with Gasteiger partial charge in [0, 0.05) is 27.7 Å². The molecule has 0 N–H and O–H groups in total. The molecule has 0 radical (unpaired) electrons. The number of aromatic nitrogens is 16. The van der Waals surface area contributed by atoms with E-state index < -0.39 is 0 Å². The van der Waals surface area contributed by atoms with Crippen LogP contribution in [0.4, 0.5) is 0 Å². The van der Waals surface area contributed by atoms with Crippen molar-refractivity contribution in [1.82, 2.24) is 79.0 Å². The molecule has 53 heavy (non-hydrogen) atoms. The van der Waals surface area contributed by atoms with Crippen LogP contribution < -0.4 is 0 Å². The lowest BCUT2D eigenvalue weighted by Crippen LogP contribution is -1.70. The molecule has 0 aliphatic rings. The van der Waals surface area contributed by atoms with Crippen LogP contribution in [0.25, 0.3) is 0 Å². The van der Waals surface area contributed by atoms with E-state index in [2.05, 4.69) is 87.9 Å². The minimum atomic E-state index is 0.606. The Hall–Kier alpha value is -4.78. The van der Waals surface area contributed by atoms with E-state index in [1.54, 1.807) is 69.1 Å². The predicted octanol–water partition coefficient (Wildman–Crippen LogP) is 6.91. The van der Waals surface area contributed by atoms with Gasteiger partial charge in [0.25, 0.3) is 0 Å². The zero-order valence-corrected chi connectivity index (χ0v) is 35.7. The number of hydrogen-bond donors (Lipinski definition) is 0. The molecule has 0 unspecified atom stereocenters. The fraction of sp³-hybridized carbons (Fsp3) is 0.448. The Labute approximate surface area is 327 Å². The highest BCUT2D eigenvalue weighted by Crippen LogP contribution is 2.04. The van der Waals surface area contributed by atoms with E-state index in [1.807, 2.05) is 55.4 Å². The summed E-state index contributed by atoms with van der Waals surface area (Å²) in [5.41, 5.74) is 1.72. The van der Waals surface area contributed by atoms with Crippen molar-refractivity contribution in [3.05, 3.63) is 89.3 Å². The quantitative estimate of drug-likeness (QED) is 0.151. The van der Waals surface area contributed by atoms with Gasteiger partial charge < -0.3 is 13.4 Å². The summed E-state index contributed by atoms with van der Waals surface area (Å²) < 4.78 is 25.7. The van der Waals surface area contributed by atoms with Crippen LogP contribution >= 0.6 is 57.3 Å². The van der Waals surface area contributed by atoms with E-state index in [-0.39, 0.29) is 0 Å². The average molecular weight is 823 g/mol. The molecule has 0 fully saturated rings. The number of rotatable bonds is 0. The van der Waals surface area contributed by atoms with Gasteiger partial charge in [0.1, 0.15) is 53.5 Å². The maximum absolute atomic E-state index is 4.86. The Bertz CT molecular complexity index is 1620. The van der Waals surface area contributed by atoms with Crippen LogP contribution in [0.3, 0.4) is 0 Å². The third kappa shape index (κ3) is 25.8. The molecule has 0 amide bonds. The first-order chi connectivity index (χ1) is 25.1. The molecular weight excluding hydrogens is 781 g/mol. The molecule has 8 rings (SSSR count). The highest BCUT2D eigenvalue weighted by Gasteiger charge is 1.92. The molecule has 19 nitrogen and oxygen atoms in total. The second kappa shape index (κ2) is 26.9. The van der Waals surface area contributed by atoms with Gasteiger partial charge in [-0.3, -0.25) is 0 Å². The number of nitrogens with zero attached hydrogens (tertiary/aromatic N) is 16. The van der Waals surface area contributed by atoms with Crippen molar-refractivity contribution in [2.75, 3.05) is 0 Å². The van der Waals surface area contributed by atoms with Crippen LogP contribution in [0.5, 0.6) is 0 Å². The third-order valence-electron chi connectivity index (χ3n) is 4.55. The average Bonchev–Trinajstić information content (AvgIpc) is 3.93. The minimum absolute atomic E-state index is 0.606. The van der Waals surface area contributed by atoms with E-state index in [1.165, 1.54) is 41.0 Å². The predicted molar refractivity (Wildman–Crippen MR) is 204 cm³/mol. The SMILES string of the molecule is Cc1ncns1.Cc1nnc(C)o1.Cc1nnc(C)s1.Cc1nnco1.Cc1nncs1.Cc1noc(C)n1.Cc1nsc(C)n1.Cc1nsc(C)n1. The molecule has 0 spiro atoms. The molecule has 0 aromatic carbocycles. The largest absolute Gasteiger partial charge is 0.428 e. The summed E-state index contributed by atoms with van der Waals surface area (Å²) in [6.45, 7) is 24.3. The Morgan fingerprint density at radius 2 is 1.08 bits per heavy atom. The molecule has 0 saturated carbocycles. The lowest BCUT2D eigenvalue weighted by Gasteiger charge is -1.70. The first-order valence-corrected chi connectivity index (χ1v) is 19.2. The van der Waals surface area contributed by atoms with Gasteiger partial charge in [0.05, 0.1) is 0 Å². The van der Waals surface area contributed by atoms with E-state index in [9.17, 15) is 0 Å². The van der Waals surface area contributed by atoms with Gasteiger partial charge in [-0.1, -0.05) is 5.16 Å². The Balaban J connectivity index is 0.000000303. The van der Waals surface area contributed by atoms with Crippen molar-refractivity contribution in [2.45, 2.75) is 90.0 Å². The van der Waals surface area contributed by atoms with Crippen LogP contribution in [-0.4, -0.2) is 79.0 Å². The molecule has 0 aliphatic heterocycles. The highest BCUT2D eigenvalue weighted by molar-refractivity contribution is 7.11. The van der Waals surface area contributed by atoms with Crippen molar-refractivity contribution in [1.29, 1.82) is 0 Å². The van der Waals surface area contributed by atoms with Gasteiger partial charge >= 0.3 is 0 Å².